The number of ether oxygens (including phenoxy) is 1. The molecule has 1 saturated heterocycles. The first-order valence-corrected chi connectivity index (χ1v) is 7.56. The Kier molecular flexibility index (Phi) is 5.66. The van der Waals surface area contributed by atoms with Crippen LogP contribution in [0.3, 0.4) is 0 Å². The smallest absolute Gasteiger partial charge is 0.417 e. The van der Waals surface area contributed by atoms with Crippen molar-refractivity contribution in [3.05, 3.63) is 36.5 Å². The number of rotatable bonds is 5. The molecule has 1 fully saturated rings. The molecule has 1 aliphatic heterocycles. The van der Waals surface area contributed by atoms with Crippen molar-refractivity contribution in [1.82, 2.24) is 14.8 Å². The fourth-order valence-electron chi connectivity index (χ4n) is 2.38. The van der Waals surface area contributed by atoms with Crippen LogP contribution < -0.4 is 4.74 Å². The number of nitrogens with zero attached hydrogens (tertiary/aromatic N) is 3. The number of amides is 2. The molecule has 2 amide bonds. The lowest BCUT2D eigenvalue weighted by Crippen LogP contribution is -2.40. The minimum atomic E-state index is -4.45. The predicted molar refractivity (Wildman–Crippen MR) is 82.7 cm³/mol. The van der Waals surface area contributed by atoms with Crippen molar-refractivity contribution in [2.24, 2.45) is 0 Å². The summed E-state index contributed by atoms with van der Waals surface area (Å²) >= 11 is 0. The maximum Gasteiger partial charge on any atom is 0.417 e. The zero-order chi connectivity index (χ0) is 18.6. The van der Waals surface area contributed by atoms with Gasteiger partial charge in [-0.25, -0.2) is 4.98 Å². The van der Waals surface area contributed by atoms with Gasteiger partial charge in [-0.2, -0.15) is 13.2 Å². The van der Waals surface area contributed by atoms with Gasteiger partial charge in [0, 0.05) is 32.3 Å². The Bertz CT molecular complexity index is 646. The fourth-order valence-corrected chi connectivity index (χ4v) is 2.38. The Balaban J connectivity index is 1.87. The topological polar surface area (TPSA) is 62.7 Å². The van der Waals surface area contributed by atoms with Crippen molar-refractivity contribution in [3.8, 4) is 5.88 Å². The Hall–Kier alpha value is -2.58. The minimum absolute atomic E-state index is 0.0733. The summed E-state index contributed by atoms with van der Waals surface area (Å²) in [6.45, 7) is 4.01. The van der Waals surface area contributed by atoms with Gasteiger partial charge < -0.3 is 14.5 Å². The van der Waals surface area contributed by atoms with Crippen LogP contribution in [0.4, 0.5) is 13.2 Å². The summed E-state index contributed by atoms with van der Waals surface area (Å²) in [6, 6.07) is 2.06. The van der Waals surface area contributed by atoms with Crippen LogP contribution in [0.1, 0.15) is 12.0 Å². The second-order valence-electron chi connectivity index (χ2n) is 5.65. The lowest BCUT2D eigenvalue weighted by molar-refractivity contribution is -0.138. The van der Waals surface area contributed by atoms with E-state index in [2.05, 4.69) is 11.6 Å². The van der Waals surface area contributed by atoms with E-state index in [1.165, 1.54) is 11.9 Å². The summed E-state index contributed by atoms with van der Waals surface area (Å²) < 4.78 is 43.0. The van der Waals surface area contributed by atoms with Crippen LogP contribution in [-0.2, 0) is 15.8 Å². The van der Waals surface area contributed by atoms with E-state index in [9.17, 15) is 22.8 Å². The average Bonchev–Trinajstić information content (AvgIpc) is 3.02. The molecule has 1 aliphatic rings. The molecule has 2 rings (SSSR count). The summed E-state index contributed by atoms with van der Waals surface area (Å²) in [5.74, 6) is -0.510. The van der Waals surface area contributed by atoms with Gasteiger partial charge >= 0.3 is 6.18 Å². The molecule has 0 spiro atoms. The summed E-state index contributed by atoms with van der Waals surface area (Å²) in [7, 11) is 1.50. The van der Waals surface area contributed by atoms with Crippen molar-refractivity contribution < 1.29 is 27.5 Å². The van der Waals surface area contributed by atoms with Gasteiger partial charge in [0.25, 0.3) is 0 Å². The molecular formula is C16H18F3N3O3. The monoisotopic (exact) mass is 357 g/mol. The molecule has 0 saturated carbocycles. The summed E-state index contributed by atoms with van der Waals surface area (Å²) in [4.78, 5) is 30.0. The number of pyridine rings is 1. The molecule has 9 heteroatoms. The van der Waals surface area contributed by atoms with Crippen LogP contribution in [-0.4, -0.2) is 59.4 Å². The molecule has 2 heterocycles. The highest BCUT2D eigenvalue weighted by molar-refractivity contribution is 5.90. The van der Waals surface area contributed by atoms with Gasteiger partial charge in [0.2, 0.25) is 17.7 Å². The first-order chi connectivity index (χ1) is 11.7. The van der Waals surface area contributed by atoms with E-state index >= 15 is 0 Å². The second-order valence-corrected chi connectivity index (χ2v) is 5.65. The summed E-state index contributed by atoms with van der Waals surface area (Å²) in [5.41, 5.74) is -0.849. The van der Waals surface area contributed by atoms with Gasteiger partial charge in [0.05, 0.1) is 18.7 Å². The fraction of sp³-hybridized carbons (Fsp3) is 0.438. The molecule has 0 aromatic carbocycles. The Morgan fingerprint density at radius 1 is 1.48 bits per heavy atom. The van der Waals surface area contributed by atoms with Crippen LogP contribution >= 0.6 is 0 Å². The maximum atomic E-state index is 12.5. The van der Waals surface area contributed by atoms with E-state index in [1.807, 2.05) is 0 Å². The number of aromatic nitrogens is 1. The van der Waals surface area contributed by atoms with Crippen LogP contribution in [0.5, 0.6) is 5.88 Å². The SMILES string of the molecule is C=CC(=O)N(C)CC(=O)N1CCC(Oc2ccc(C(F)(F)F)cn2)C1. The molecule has 0 N–H and O–H groups in total. The van der Waals surface area contributed by atoms with Crippen molar-refractivity contribution in [1.29, 1.82) is 0 Å². The zero-order valence-corrected chi connectivity index (χ0v) is 13.6. The highest BCUT2D eigenvalue weighted by atomic mass is 19.4. The van der Waals surface area contributed by atoms with Gasteiger partial charge in [-0.05, 0) is 12.1 Å². The summed E-state index contributed by atoms with van der Waals surface area (Å²) in [6.07, 6.45) is -2.43. The first-order valence-electron chi connectivity index (χ1n) is 7.56. The number of alkyl halides is 3. The molecule has 1 aromatic heterocycles. The van der Waals surface area contributed by atoms with Gasteiger partial charge in [0.15, 0.2) is 0 Å². The van der Waals surface area contributed by atoms with E-state index in [4.69, 9.17) is 4.74 Å². The van der Waals surface area contributed by atoms with E-state index in [0.29, 0.717) is 19.2 Å². The number of carbonyl (C=O) groups is 2. The maximum absolute atomic E-state index is 12.5. The number of hydrogen-bond acceptors (Lipinski definition) is 4. The van der Waals surface area contributed by atoms with E-state index in [0.717, 1.165) is 18.2 Å². The highest BCUT2D eigenvalue weighted by Gasteiger charge is 2.32. The third-order valence-corrected chi connectivity index (χ3v) is 3.77. The Morgan fingerprint density at radius 3 is 2.76 bits per heavy atom. The average molecular weight is 357 g/mol. The van der Waals surface area contributed by atoms with Crippen molar-refractivity contribution in [2.45, 2.75) is 18.7 Å². The number of carbonyl (C=O) groups excluding carboxylic acids is 2. The molecule has 0 radical (unpaired) electrons. The third kappa shape index (κ3) is 4.94. The highest BCUT2D eigenvalue weighted by Crippen LogP contribution is 2.29. The molecule has 1 aromatic rings. The van der Waals surface area contributed by atoms with Gasteiger partial charge in [-0.3, -0.25) is 9.59 Å². The lowest BCUT2D eigenvalue weighted by atomic mass is 10.3. The zero-order valence-electron chi connectivity index (χ0n) is 13.6. The van der Waals surface area contributed by atoms with Gasteiger partial charge in [0.1, 0.15) is 6.10 Å². The second kappa shape index (κ2) is 7.54. The van der Waals surface area contributed by atoms with Crippen molar-refractivity contribution in [2.75, 3.05) is 26.7 Å². The molecular weight excluding hydrogens is 339 g/mol. The van der Waals surface area contributed by atoms with Gasteiger partial charge in [-0.1, -0.05) is 6.58 Å². The number of halogens is 3. The molecule has 0 aliphatic carbocycles. The van der Waals surface area contributed by atoms with Crippen LogP contribution in [0.25, 0.3) is 0 Å². The molecule has 6 nitrogen and oxygen atoms in total. The Morgan fingerprint density at radius 2 is 2.20 bits per heavy atom. The van der Waals surface area contributed by atoms with E-state index in [-0.39, 0.29) is 36.9 Å². The lowest BCUT2D eigenvalue weighted by Gasteiger charge is -2.21. The summed E-state index contributed by atoms with van der Waals surface area (Å²) in [5, 5.41) is 0. The molecule has 1 unspecified atom stereocenters. The molecule has 1 atom stereocenters. The quantitative estimate of drug-likeness (QED) is 0.753. The number of hydrogen-bond donors (Lipinski definition) is 0. The third-order valence-electron chi connectivity index (χ3n) is 3.77. The molecule has 0 bridgehead atoms. The predicted octanol–water partition coefficient (Wildman–Crippen LogP) is 1.72. The first kappa shape index (κ1) is 18.8. The van der Waals surface area contributed by atoms with Crippen LogP contribution in [0.2, 0.25) is 0 Å². The Labute approximate surface area is 142 Å². The normalized spacial score (nSPS) is 17.3. The molecule has 136 valence electrons. The van der Waals surface area contributed by atoms with E-state index in [1.54, 1.807) is 4.90 Å². The number of likely N-dealkylation sites (tertiary alicyclic amines) is 1. The standard InChI is InChI=1S/C16H18F3N3O3/c1-3-14(23)21(2)10-15(24)22-7-6-12(9-22)25-13-5-4-11(8-20-13)16(17,18)19/h3-5,8,12H,1,6-7,9-10H2,2H3. The largest absolute Gasteiger partial charge is 0.472 e. The van der Waals surface area contributed by atoms with E-state index < -0.39 is 11.7 Å². The van der Waals surface area contributed by atoms with Gasteiger partial charge in [-0.15, -0.1) is 0 Å². The van der Waals surface area contributed by atoms with Crippen molar-refractivity contribution >= 4 is 11.8 Å². The van der Waals surface area contributed by atoms with Crippen LogP contribution in [0, 0.1) is 0 Å². The van der Waals surface area contributed by atoms with Crippen LogP contribution in [0.15, 0.2) is 31.0 Å². The number of likely N-dealkylation sites (N-methyl/N-ethyl adjacent to an activating group) is 1. The molecule has 25 heavy (non-hydrogen) atoms. The minimum Gasteiger partial charge on any atom is -0.472 e. The van der Waals surface area contributed by atoms with Crippen molar-refractivity contribution in [3.63, 3.8) is 0 Å².